The average molecular weight is 298 g/mol. The van der Waals surface area contributed by atoms with Crippen molar-refractivity contribution >= 4 is 15.9 Å². The topological polar surface area (TPSA) is 35.2 Å². The molecule has 0 heterocycles. The molecule has 3 heteroatoms. The van der Waals surface area contributed by atoms with Crippen LogP contribution in [0.25, 0.3) is 0 Å². The van der Waals surface area contributed by atoms with Gasteiger partial charge in [-0.15, -0.1) is 0 Å². The normalized spacial score (nSPS) is 16.9. The maximum atomic E-state index is 5.92. The quantitative estimate of drug-likeness (QED) is 0.872. The Balaban J connectivity index is 2.00. The van der Waals surface area contributed by atoms with E-state index in [0.29, 0.717) is 0 Å². The highest BCUT2D eigenvalue weighted by molar-refractivity contribution is 9.10. The zero-order valence-electron chi connectivity index (χ0n) is 10.3. The first-order chi connectivity index (χ1) is 8.16. The molecule has 0 amide bonds. The second-order valence-electron chi connectivity index (χ2n) is 4.99. The number of halogens is 1. The van der Waals surface area contributed by atoms with Crippen LogP contribution in [0.4, 0.5) is 0 Å². The number of ether oxygens (including phenoxy) is 1. The Morgan fingerprint density at radius 3 is 2.88 bits per heavy atom. The van der Waals surface area contributed by atoms with Gasteiger partial charge in [0, 0.05) is 6.04 Å². The standard InChI is InChI=1S/C14H20BrNO/c1-10(16)9-12-3-2-4-13(15)14(12)17-8-7-11-5-6-11/h2-4,10-11H,5-9,16H2,1H3. The molecule has 0 radical (unpaired) electrons. The number of nitrogens with two attached hydrogens (primary N) is 1. The number of rotatable bonds is 6. The van der Waals surface area contributed by atoms with E-state index in [-0.39, 0.29) is 6.04 Å². The Hall–Kier alpha value is -0.540. The molecular weight excluding hydrogens is 278 g/mol. The Morgan fingerprint density at radius 2 is 2.24 bits per heavy atom. The molecule has 1 unspecified atom stereocenters. The van der Waals surface area contributed by atoms with Crippen LogP contribution in [-0.4, -0.2) is 12.6 Å². The fourth-order valence-electron chi connectivity index (χ4n) is 1.96. The van der Waals surface area contributed by atoms with Crippen molar-refractivity contribution in [2.24, 2.45) is 11.7 Å². The summed E-state index contributed by atoms with van der Waals surface area (Å²) in [5, 5.41) is 0. The van der Waals surface area contributed by atoms with Crippen LogP contribution >= 0.6 is 15.9 Å². The van der Waals surface area contributed by atoms with Crippen LogP contribution in [0.1, 0.15) is 31.7 Å². The van der Waals surface area contributed by atoms with E-state index < -0.39 is 0 Å². The lowest BCUT2D eigenvalue weighted by molar-refractivity contribution is 0.297. The first-order valence-corrected chi connectivity index (χ1v) is 7.12. The lowest BCUT2D eigenvalue weighted by Gasteiger charge is -2.14. The lowest BCUT2D eigenvalue weighted by atomic mass is 10.1. The minimum atomic E-state index is 0.162. The van der Waals surface area contributed by atoms with Gasteiger partial charge in [0.2, 0.25) is 0 Å². The first-order valence-electron chi connectivity index (χ1n) is 6.32. The summed E-state index contributed by atoms with van der Waals surface area (Å²) < 4.78 is 6.95. The zero-order valence-corrected chi connectivity index (χ0v) is 11.9. The molecular formula is C14H20BrNO. The number of hydrogen-bond donors (Lipinski definition) is 1. The molecule has 1 saturated carbocycles. The summed E-state index contributed by atoms with van der Waals surface area (Å²) >= 11 is 3.55. The summed E-state index contributed by atoms with van der Waals surface area (Å²) in [6, 6.07) is 6.32. The van der Waals surface area contributed by atoms with Gasteiger partial charge in [-0.2, -0.15) is 0 Å². The van der Waals surface area contributed by atoms with E-state index in [2.05, 4.69) is 22.0 Å². The third-order valence-corrected chi connectivity index (χ3v) is 3.68. The molecule has 0 aliphatic heterocycles. The molecule has 17 heavy (non-hydrogen) atoms. The molecule has 0 aromatic heterocycles. The molecule has 1 aliphatic rings. The largest absolute Gasteiger partial charge is 0.492 e. The Labute approximate surface area is 112 Å². The van der Waals surface area contributed by atoms with Crippen molar-refractivity contribution in [3.8, 4) is 5.75 Å². The minimum Gasteiger partial charge on any atom is -0.492 e. The molecule has 2 rings (SSSR count). The van der Waals surface area contributed by atoms with E-state index in [9.17, 15) is 0 Å². The van der Waals surface area contributed by atoms with Gasteiger partial charge < -0.3 is 10.5 Å². The summed E-state index contributed by atoms with van der Waals surface area (Å²) in [5.74, 6) is 1.89. The van der Waals surface area contributed by atoms with Crippen LogP contribution in [0.3, 0.4) is 0 Å². The van der Waals surface area contributed by atoms with Crippen molar-refractivity contribution in [3.05, 3.63) is 28.2 Å². The maximum Gasteiger partial charge on any atom is 0.136 e. The first kappa shape index (κ1) is 12.9. The van der Waals surface area contributed by atoms with Crippen LogP contribution in [0.2, 0.25) is 0 Å². The van der Waals surface area contributed by atoms with Crippen LogP contribution in [0.5, 0.6) is 5.75 Å². The van der Waals surface area contributed by atoms with Crippen molar-refractivity contribution < 1.29 is 4.74 Å². The van der Waals surface area contributed by atoms with Crippen molar-refractivity contribution in [2.75, 3.05) is 6.61 Å². The fourth-order valence-corrected chi connectivity index (χ4v) is 2.48. The van der Waals surface area contributed by atoms with Crippen LogP contribution in [-0.2, 0) is 6.42 Å². The van der Waals surface area contributed by atoms with E-state index >= 15 is 0 Å². The van der Waals surface area contributed by atoms with Gasteiger partial charge in [-0.05, 0) is 53.2 Å². The highest BCUT2D eigenvalue weighted by Crippen LogP contribution is 2.34. The van der Waals surface area contributed by atoms with E-state index in [1.807, 2.05) is 19.1 Å². The van der Waals surface area contributed by atoms with Gasteiger partial charge in [-0.25, -0.2) is 0 Å². The number of para-hydroxylation sites is 1. The average Bonchev–Trinajstić information content (AvgIpc) is 3.05. The summed E-state index contributed by atoms with van der Waals surface area (Å²) in [7, 11) is 0. The smallest absolute Gasteiger partial charge is 0.136 e. The highest BCUT2D eigenvalue weighted by atomic mass is 79.9. The van der Waals surface area contributed by atoms with E-state index in [4.69, 9.17) is 10.5 Å². The molecule has 1 atom stereocenters. The Bertz CT molecular complexity index is 374. The van der Waals surface area contributed by atoms with Crippen LogP contribution in [0, 0.1) is 5.92 Å². The fraction of sp³-hybridized carbons (Fsp3) is 0.571. The van der Waals surface area contributed by atoms with Crippen LogP contribution in [0.15, 0.2) is 22.7 Å². The number of benzene rings is 1. The third-order valence-electron chi connectivity index (χ3n) is 3.06. The second-order valence-corrected chi connectivity index (χ2v) is 5.84. The van der Waals surface area contributed by atoms with Gasteiger partial charge in [0.05, 0.1) is 11.1 Å². The maximum absolute atomic E-state index is 5.92. The SMILES string of the molecule is CC(N)Cc1cccc(Br)c1OCCC1CC1. The third kappa shape index (κ3) is 4.00. The van der Waals surface area contributed by atoms with E-state index in [0.717, 1.165) is 29.2 Å². The van der Waals surface area contributed by atoms with Gasteiger partial charge in [-0.3, -0.25) is 0 Å². The van der Waals surface area contributed by atoms with Crippen molar-refractivity contribution in [2.45, 2.75) is 38.6 Å². The van der Waals surface area contributed by atoms with Gasteiger partial charge in [0.15, 0.2) is 0 Å². The molecule has 1 aromatic rings. The summed E-state index contributed by atoms with van der Waals surface area (Å²) in [6.45, 7) is 2.84. The molecule has 94 valence electrons. The summed E-state index contributed by atoms with van der Waals surface area (Å²) in [5.41, 5.74) is 7.06. The van der Waals surface area contributed by atoms with Gasteiger partial charge in [0.25, 0.3) is 0 Å². The Kier molecular flexibility index (Phi) is 4.46. The molecule has 2 N–H and O–H groups in total. The molecule has 1 aliphatic carbocycles. The molecule has 1 aromatic carbocycles. The minimum absolute atomic E-state index is 0.162. The van der Waals surface area contributed by atoms with Crippen molar-refractivity contribution in [3.63, 3.8) is 0 Å². The Morgan fingerprint density at radius 1 is 1.47 bits per heavy atom. The highest BCUT2D eigenvalue weighted by Gasteiger charge is 2.21. The van der Waals surface area contributed by atoms with Gasteiger partial charge in [0.1, 0.15) is 5.75 Å². The summed E-state index contributed by atoms with van der Waals surface area (Å²) in [4.78, 5) is 0. The predicted octanol–water partition coefficient (Wildman–Crippen LogP) is 3.52. The van der Waals surface area contributed by atoms with Crippen molar-refractivity contribution in [1.82, 2.24) is 0 Å². The molecule has 1 fully saturated rings. The molecule has 2 nitrogen and oxygen atoms in total. The van der Waals surface area contributed by atoms with Crippen LogP contribution < -0.4 is 10.5 Å². The predicted molar refractivity (Wildman–Crippen MR) is 74.3 cm³/mol. The van der Waals surface area contributed by atoms with E-state index in [1.165, 1.54) is 24.8 Å². The second kappa shape index (κ2) is 5.87. The van der Waals surface area contributed by atoms with E-state index in [1.54, 1.807) is 0 Å². The van der Waals surface area contributed by atoms with Gasteiger partial charge >= 0.3 is 0 Å². The lowest BCUT2D eigenvalue weighted by Crippen LogP contribution is -2.18. The molecule has 0 spiro atoms. The van der Waals surface area contributed by atoms with Gasteiger partial charge in [-0.1, -0.05) is 25.0 Å². The van der Waals surface area contributed by atoms with Crippen molar-refractivity contribution in [1.29, 1.82) is 0 Å². The monoisotopic (exact) mass is 297 g/mol. The molecule has 0 bridgehead atoms. The number of hydrogen-bond acceptors (Lipinski definition) is 2. The zero-order chi connectivity index (χ0) is 12.3. The molecule has 0 saturated heterocycles. The summed E-state index contributed by atoms with van der Waals surface area (Å²) in [6.07, 6.45) is 4.80.